The molecule has 12 heavy (non-hydrogen) atoms. The molecule has 1 radical (unpaired) electrons. The molecule has 0 N–H and O–H groups in total. The van der Waals surface area contributed by atoms with E-state index in [1.165, 1.54) is 19.3 Å². The molecule has 0 rings (SSSR count). The molecule has 2 heteroatoms. The Hall–Kier alpha value is -0.530. The van der Waals surface area contributed by atoms with E-state index < -0.39 is 0 Å². The highest BCUT2D eigenvalue weighted by atomic mass is 16.5. The molecule has 2 atom stereocenters. The van der Waals surface area contributed by atoms with Crippen molar-refractivity contribution in [3.8, 4) is 0 Å². The molecule has 0 aromatic carbocycles. The monoisotopic (exact) mass is 171 g/mol. The minimum atomic E-state index is 0.0732. The highest BCUT2D eigenvalue weighted by Gasteiger charge is 2.11. The maximum atomic E-state index is 9.97. The summed E-state index contributed by atoms with van der Waals surface area (Å²) in [6.07, 6.45) is 4.34. The van der Waals surface area contributed by atoms with E-state index in [2.05, 4.69) is 13.8 Å². The number of carbonyl (C=O) groups excluding carboxylic acids is 1. The number of ether oxygens (including phenoxy) is 1. The SMILES string of the molecule is CCCC(C)CC(CC)O[C]=O. The van der Waals surface area contributed by atoms with Gasteiger partial charge in [-0.2, -0.15) is 0 Å². The van der Waals surface area contributed by atoms with Crippen LogP contribution < -0.4 is 0 Å². The molecule has 0 fully saturated rings. The van der Waals surface area contributed by atoms with E-state index in [0.29, 0.717) is 5.92 Å². The summed E-state index contributed by atoms with van der Waals surface area (Å²) in [6.45, 7) is 7.91. The van der Waals surface area contributed by atoms with Crippen LogP contribution in [0.2, 0.25) is 0 Å². The van der Waals surface area contributed by atoms with Crippen LogP contribution in [0.5, 0.6) is 0 Å². The van der Waals surface area contributed by atoms with Gasteiger partial charge in [0.15, 0.2) is 0 Å². The molecule has 71 valence electrons. The minimum absolute atomic E-state index is 0.0732. The van der Waals surface area contributed by atoms with Crippen molar-refractivity contribution in [3.63, 3.8) is 0 Å². The van der Waals surface area contributed by atoms with Crippen molar-refractivity contribution in [1.82, 2.24) is 0 Å². The average Bonchev–Trinajstić information content (AvgIpc) is 2.04. The molecule has 0 aliphatic heterocycles. The lowest BCUT2D eigenvalue weighted by Crippen LogP contribution is -2.14. The summed E-state index contributed by atoms with van der Waals surface area (Å²) in [6, 6.07) is 0. The van der Waals surface area contributed by atoms with Crippen molar-refractivity contribution in [2.45, 2.75) is 52.6 Å². The molecule has 0 aliphatic carbocycles. The van der Waals surface area contributed by atoms with Crippen LogP contribution in [-0.4, -0.2) is 12.6 Å². The molecule has 2 unspecified atom stereocenters. The van der Waals surface area contributed by atoms with E-state index in [9.17, 15) is 4.79 Å². The summed E-state index contributed by atoms with van der Waals surface area (Å²) >= 11 is 0. The van der Waals surface area contributed by atoms with Gasteiger partial charge in [0.25, 0.3) is 0 Å². The predicted octanol–water partition coefficient (Wildman–Crippen LogP) is 2.68. The highest BCUT2D eigenvalue weighted by Crippen LogP contribution is 2.15. The summed E-state index contributed by atoms with van der Waals surface area (Å²) in [4.78, 5) is 9.97. The van der Waals surface area contributed by atoms with Crippen LogP contribution in [0, 0.1) is 5.92 Å². The smallest absolute Gasteiger partial charge is 0.417 e. The topological polar surface area (TPSA) is 26.3 Å². The number of hydrogen-bond acceptors (Lipinski definition) is 2. The molecule has 0 amide bonds. The Morgan fingerprint density at radius 1 is 1.42 bits per heavy atom. The molecule has 0 aromatic rings. The first kappa shape index (κ1) is 11.5. The molecule has 0 aliphatic rings. The van der Waals surface area contributed by atoms with Gasteiger partial charge in [0.1, 0.15) is 6.10 Å². The Labute approximate surface area is 75.3 Å². The molecular weight excluding hydrogens is 152 g/mol. The molecule has 0 saturated carbocycles. The van der Waals surface area contributed by atoms with E-state index in [-0.39, 0.29) is 6.10 Å². The highest BCUT2D eigenvalue weighted by molar-refractivity contribution is 5.38. The first-order valence-corrected chi connectivity index (χ1v) is 4.77. The van der Waals surface area contributed by atoms with Crippen LogP contribution in [0.25, 0.3) is 0 Å². The van der Waals surface area contributed by atoms with Gasteiger partial charge in [0.05, 0.1) is 0 Å². The van der Waals surface area contributed by atoms with E-state index >= 15 is 0 Å². The molecule has 0 aromatic heterocycles. The molecule has 0 heterocycles. The first-order chi connectivity index (χ1) is 5.74. The largest absolute Gasteiger partial charge is 0.454 e. The Bertz CT molecular complexity index is 112. The van der Waals surface area contributed by atoms with E-state index in [0.717, 1.165) is 12.8 Å². The maximum absolute atomic E-state index is 9.97. The van der Waals surface area contributed by atoms with Gasteiger partial charge in [-0.15, -0.1) is 0 Å². The number of hydrogen-bond donors (Lipinski definition) is 0. The third-order valence-electron chi connectivity index (χ3n) is 2.12. The second-order valence-corrected chi connectivity index (χ2v) is 3.36. The van der Waals surface area contributed by atoms with Crippen LogP contribution >= 0.6 is 0 Å². The average molecular weight is 171 g/mol. The van der Waals surface area contributed by atoms with Crippen molar-refractivity contribution in [2.24, 2.45) is 5.92 Å². The summed E-state index contributed by atoms with van der Waals surface area (Å²) < 4.78 is 4.80. The second kappa shape index (κ2) is 7.14. The van der Waals surface area contributed by atoms with Gasteiger partial charge in [0.2, 0.25) is 0 Å². The van der Waals surface area contributed by atoms with Crippen LogP contribution in [-0.2, 0) is 9.53 Å². The zero-order valence-electron chi connectivity index (χ0n) is 8.30. The summed E-state index contributed by atoms with van der Waals surface area (Å²) in [5, 5.41) is 0. The van der Waals surface area contributed by atoms with Crippen LogP contribution in [0.1, 0.15) is 46.5 Å². The Balaban J connectivity index is 3.60. The van der Waals surface area contributed by atoms with E-state index in [1.54, 1.807) is 0 Å². The Morgan fingerprint density at radius 3 is 2.50 bits per heavy atom. The van der Waals surface area contributed by atoms with E-state index in [1.807, 2.05) is 6.92 Å². The van der Waals surface area contributed by atoms with Crippen LogP contribution in [0.4, 0.5) is 0 Å². The first-order valence-electron chi connectivity index (χ1n) is 4.77. The Morgan fingerprint density at radius 2 is 2.08 bits per heavy atom. The zero-order valence-corrected chi connectivity index (χ0v) is 8.30. The van der Waals surface area contributed by atoms with Gasteiger partial charge in [-0.05, 0) is 18.8 Å². The fourth-order valence-corrected chi connectivity index (χ4v) is 1.43. The molecular formula is C10H19O2. The van der Waals surface area contributed by atoms with Gasteiger partial charge in [0, 0.05) is 0 Å². The molecule has 0 spiro atoms. The summed E-state index contributed by atoms with van der Waals surface area (Å²) in [7, 11) is 0. The lowest BCUT2D eigenvalue weighted by molar-refractivity contribution is 0.143. The minimum Gasteiger partial charge on any atom is -0.454 e. The van der Waals surface area contributed by atoms with Crippen molar-refractivity contribution < 1.29 is 9.53 Å². The lowest BCUT2D eigenvalue weighted by atomic mass is 9.98. The third-order valence-corrected chi connectivity index (χ3v) is 2.12. The normalized spacial score (nSPS) is 15.2. The molecule has 0 saturated heterocycles. The van der Waals surface area contributed by atoms with Crippen molar-refractivity contribution in [2.75, 3.05) is 0 Å². The fraction of sp³-hybridized carbons (Fsp3) is 0.900. The second-order valence-electron chi connectivity index (χ2n) is 3.36. The standard InChI is InChI=1S/C10H19O2/c1-4-6-9(3)7-10(5-2)12-8-11/h9-10H,4-7H2,1-3H3. The van der Waals surface area contributed by atoms with Crippen LogP contribution in [0.15, 0.2) is 0 Å². The van der Waals surface area contributed by atoms with Gasteiger partial charge in [-0.1, -0.05) is 33.6 Å². The van der Waals surface area contributed by atoms with Crippen molar-refractivity contribution in [3.05, 3.63) is 0 Å². The Kier molecular flexibility index (Phi) is 6.82. The number of rotatable bonds is 7. The molecule has 2 nitrogen and oxygen atoms in total. The predicted molar refractivity (Wildman–Crippen MR) is 49.5 cm³/mol. The zero-order chi connectivity index (χ0) is 9.40. The van der Waals surface area contributed by atoms with Gasteiger partial charge >= 0.3 is 6.47 Å². The van der Waals surface area contributed by atoms with Crippen LogP contribution in [0.3, 0.4) is 0 Å². The van der Waals surface area contributed by atoms with E-state index in [4.69, 9.17) is 4.74 Å². The van der Waals surface area contributed by atoms with Gasteiger partial charge in [-0.25, -0.2) is 4.79 Å². The summed E-state index contributed by atoms with van der Waals surface area (Å²) in [5.41, 5.74) is 0. The lowest BCUT2D eigenvalue weighted by Gasteiger charge is -2.16. The maximum Gasteiger partial charge on any atom is 0.417 e. The van der Waals surface area contributed by atoms with Gasteiger partial charge in [-0.3, -0.25) is 0 Å². The quantitative estimate of drug-likeness (QED) is 0.588. The molecule has 0 bridgehead atoms. The third kappa shape index (κ3) is 5.16. The fourth-order valence-electron chi connectivity index (χ4n) is 1.43. The summed E-state index contributed by atoms with van der Waals surface area (Å²) in [5.74, 6) is 0.647. The van der Waals surface area contributed by atoms with Gasteiger partial charge < -0.3 is 4.74 Å². The van der Waals surface area contributed by atoms with Crippen molar-refractivity contribution in [1.29, 1.82) is 0 Å². The van der Waals surface area contributed by atoms with Crippen molar-refractivity contribution >= 4 is 6.47 Å².